The highest BCUT2D eigenvalue weighted by Crippen LogP contribution is 2.03. The van der Waals surface area contributed by atoms with E-state index in [1.807, 2.05) is 0 Å². The van der Waals surface area contributed by atoms with Crippen molar-refractivity contribution in [3.8, 4) is 5.88 Å². The minimum atomic E-state index is 0.396. The van der Waals surface area contributed by atoms with Crippen molar-refractivity contribution in [3.05, 3.63) is 17.8 Å². The molecular formula is C11H19N3O2. The van der Waals surface area contributed by atoms with Crippen molar-refractivity contribution < 1.29 is 9.47 Å². The summed E-state index contributed by atoms with van der Waals surface area (Å²) in [6.45, 7) is 4.40. The van der Waals surface area contributed by atoms with Crippen LogP contribution in [0.3, 0.4) is 0 Å². The summed E-state index contributed by atoms with van der Waals surface area (Å²) in [5, 5.41) is 7.76. The van der Waals surface area contributed by atoms with Crippen LogP contribution in [0.1, 0.15) is 25.5 Å². The molecule has 2 N–H and O–H groups in total. The first-order valence-electron chi connectivity index (χ1n) is 5.60. The maximum absolute atomic E-state index is 5.40. The molecule has 5 heteroatoms. The summed E-state index contributed by atoms with van der Waals surface area (Å²) in [5.41, 5.74) is 6.16. The third kappa shape index (κ3) is 5.04. The fraction of sp³-hybridized carbons (Fsp3) is 0.636. The van der Waals surface area contributed by atoms with Crippen LogP contribution >= 0.6 is 0 Å². The third-order valence-electron chi connectivity index (χ3n) is 2.02. The quantitative estimate of drug-likeness (QED) is 0.671. The second kappa shape index (κ2) is 8.01. The minimum absolute atomic E-state index is 0.396. The van der Waals surface area contributed by atoms with Crippen molar-refractivity contribution in [1.82, 2.24) is 10.2 Å². The van der Waals surface area contributed by atoms with Gasteiger partial charge in [0.2, 0.25) is 5.88 Å². The van der Waals surface area contributed by atoms with E-state index in [-0.39, 0.29) is 0 Å². The number of nitrogens with zero attached hydrogens (tertiary/aromatic N) is 2. The molecule has 1 aromatic heterocycles. The van der Waals surface area contributed by atoms with Gasteiger partial charge >= 0.3 is 0 Å². The highest BCUT2D eigenvalue weighted by molar-refractivity contribution is 5.10. The van der Waals surface area contributed by atoms with Crippen molar-refractivity contribution in [2.24, 2.45) is 5.73 Å². The summed E-state index contributed by atoms with van der Waals surface area (Å²) in [5.74, 6) is 0.510. The highest BCUT2D eigenvalue weighted by Gasteiger charge is 1.97. The predicted octanol–water partition coefficient (Wildman–Crippen LogP) is 1.13. The van der Waals surface area contributed by atoms with Gasteiger partial charge in [0.1, 0.15) is 6.61 Å². The maximum atomic E-state index is 5.40. The lowest BCUT2D eigenvalue weighted by atomic mass is 10.4. The lowest BCUT2D eigenvalue weighted by Crippen LogP contribution is -2.09. The molecule has 1 aromatic rings. The lowest BCUT2D eigenvalue weighted by molar-refractivity contribution is 0.0961. The Morgan fingerprint density at radius 1 is 1.19 bits per heavy atom. The van der Waals surface area contributed by atoms with E-state index in [2.05, 4.69) is 17.1 Å². The molecule has 0 amide bonds. The minimum Gasteiger partial charge on any atom is -0.474 e. The molecule has 0 fully saturated rings. The smallest absolute Gasteiger partial charge is 0.233 e. The summed E-state index contributed by atoms with van der Waals surface area (Å²) in [7, 11) is 0. The summed E-state index contributed by atoms with van der Waals surface area (Å²) < 4.78 is 10.7. The molecule has 0 saturated carbocycles. The first kappa shape index (κ1) is 12.9. The van der Waals surface area contributed by atoms with E-state index in [9.17, 15) is 0 Å². The van der Waals surface area contributed by atoms with Crippen molar-refractivity contribution in [2.45, 2.75) is 26.3 Å². The van der Waals surface area contributed by atoms with Gasteiger partial charge in [-0.05, 0) is 12.5 Å². The van der Waals surface area contributed by atoms with Gasteiger partial charge in [-0.3, -0.25) is 0 Å². The SMILES string of the molecule is CCCCOCCOc1ccc(CN)nn1. The Kier molecular flexibility index (Phi) is 6.44. The van der Waals surface area contributed by atoms with Crippen LogP contribution in [-0.4, -0.2) is 30.0 Å². The number of nitrogens with two attached hydrogens (primary N) is 1. The zero-order valence-electron chi connectivity index (χ0n) is 9.69. The molecule has 16 heavy (non-hydrogen) atoms. The van der Waals surface area contributed by atoms with E-state index in [0.29, 0.717) is 25.6 Å². The standard InChI is InChI=1S/C11H19N3O2/c1-2-3-6-15-7-8-16-11-5-4-10(9-12)13-14-11/h4-5H,2-3,6-9,12H2,1H3. The number of unbranched alkanes of at least 4 members (excludes halogenated alkanes) is 1. The van der Waals surface area contributed by atoms with Gasteiger partial charge < -0.3 is 15.2 Å². The Morgan fingerprint density at radius 2 is 2.06 bits per heavy atom. The average Bonchev–Trinajstić information content (AvgIpc) is 2.34. The molecular weight excluding hydrogens is 206 g/mol. The molecule has 0 aliphatic rings. The van der Waals surface area contributed by atoms with Crippen molar-refractivity contribution in [2.75, 3.05) is 19.8 Å². The average molecular weight is 225 g/mol. The molecule has 0 aromatic carbocycles. The summed E-state index contributed by atoms with van der Waals surface area (Å²) in [6.07, 6.45) is 2.23. The second-order valence-electron chi connectivity index (χ2n) is 3.38. The van der Waals surface area contributed by atoms with Crippen LogP contribution in [0.2, 0.25) is 0 Å². The van der Waals surface area contributed by atoms with Gasteiger partial charge in [0, 0.05) is 19.2 Å². The van der Waals surface area contributed by atoms with Gasteiger partial charge in [0.15, 0.2) is 0 Å². The van der Waals surface area contributed by atoms with Crippen molar-refractivity contribution in [3.63, 3.8) is 0 Å². The Morgan fingerprint density at radius 3 is 2.69 bits per heavy atom. The first-order valence-corrected chi connectivity index (χ1v) is 5.60. The van der Waals surface area contributed by atoms with E-state index >= 15 is 0 Å². The van der Waals surface area contributed by atoms with Crippen molar-refractivity contribution in [1.29, 1.82) is 0 Å². The summed E-state index contributed by atoms with van der Waals surface area (Å²) in [6, 6.07) is 3.57. The molecule has 0 aliphatic heterocycles. The molecule has 0 bridgehead atoms. The van der Waals surface area contributed by atoms with E-state index in [1.54, 1.807) is 12.1 Å². The fourth-order valence-electron chi connectivity index (χ4n) is 1.09. The predicted molar refractivity (Wildman–Crippen MR) is 61.1 cm³/mol. The third-order valence-corrected chi connectivity index (χ3v) is 2.02. The van der Waals surface area contributed by atoms with Gasteiger partial charge in [0.05, 0.1) is 12.3 Å². The lowest BCUT2D eigenvalue weighted by Gasteiger charge is -2.05. The molecule has 0 atom stereocenters. The molecule has 1 heterocycles. The van der Waals surface area contributed by atoms with Gasteiger partial charge in [0.25, 0.3) is 0 Å². The Labute approximate surface area is 96.0 Å². The topological polar surface area (TPSA) is 70.3 Å². The molecule has 0 aliphatic carbocycles. The van der Waals surface area contributed by atoms with Gasteiger partial charge in [-0.15, -0.1) is 5.10 Å². The Bertz CT molecular complexity index is 277. The van der Waals surface area contributed by atoms with Crippen LogP contribution in [-0.2, 0) is 11.3 Å². The second-order valence-corrected chi connectivity index (χ2v) is 3.38. The van der Waals surface area contributed by atoms with E-state index < -0.39 is 0 Å². The van der Waals surface area contributed by atoms with Crippen LogP contribution in [0.15, 0.2) is 12.1 Å². The van der Waals surface area contributed by atoms with Gasteiger partial charge in [-0.2, -0.15) is 5.10 Å². The number of aromatic nitrogens is 2. The molecule has 0 spiro atoms. The zero-order chi connectivity index (χ0) is 11.6. The Hall–Kier alpha value is -1.20. The molecule has 5 nitrogen and oxygen atoms in total. The van der Waals surface area contributed by atoms with E-state index in [1.165, 1.54) is 0 Å². The van der Waals surface area contributed by atoms with Gasteiger partial charge in [-0.1, -0.05) is 13.3 Å². The first-order chi connectivity index (χ1) is 7.86. The van der Waals surface area contributed by atoms with Crippen LogP contribution < -0.4 is 10.5 Å². The van der Waals surface area contributed by atoms with Gasteiger partial charge in [-0.25, -0.2) is 0 Å². The summed E-state index contributed by atoms with van der Waals surface area (Å²) >= 11 is 0. The number of ether oxygens (including phenoxy) is 2. The molecule has 1 rings (SSSR count). The molecule has 0 saturated heterocycles. The monoisotopic (exact) mass is 225 g/mol. The number of hydrogen-bond acceptors (Lipinski definition) is 5. The van der Waals surface area contributed by atoms with Crippen LogP contribution in [0.5, 0.6) is 5.88 Å². The molecule has 0 unspecified atom stereocenters. The fourth-order valence-corrected chi connectivity index (χ4v) is 1.09. The zero-order valence-corrected chi connectivity index (χ0v) is 9.69. The molecule has 0 radical (unpaired) electrons. The number of hydrogen-bond donors (Lipinski definition) is 1. The van der Waals surface area contributed by atoms with Crippen LogP contribution in [0.4, 0.5) is 0 Å². The van der Waals surface area contributed by atoms with Crippen LogP contribution in [0.25, 0.3) is 0 Å². The number of rotatable bonds is 8. The highest BCUT2D eigenvalue weighted by atomic mass is 16.5. The maximum Gasteiger partial charge on any atom is 0.233 e. The Balaban J connectivity index is 2.12. The summed E-state index contributed by atoms with van der Waals surface area (Å²) in [4.78, 5) is 0. The van der Waals surface area contributed by atoms with Crippen molar-refractivity contribution >= 4 is 0 Å². The van der Waals surface area contributed by atoms with Crippen LogP contribution in [0, 0.1) is 0 Å². The van der Waals surface area contributed by atoms with E-state index in [4.69, 9.17) is 15.2 Å². The largest absolute Gasteiger partial charge is 0.474 e. The molecule has 90 valence electrons. The normalized spacial score (nSPS) is 10.4. The van der Waals surface area contributed by atoms with E-state index in [0.717, 1.165) is 25.1 Å².